The van der Waals surface area contributed by atoms with Crippen molar-refractivity contribution in [3.63, 3.8) is 0 Å². The number of unbranched alkanes of at least 4 members (excludes halogenated alkanes) is 1. The fourth-order valence-electron chi connectivity index (χ4n) is 4.40. The maximum atomic E-state index is 13.2. The Morgan fingerprint density at radius 2 is 1.82 bits per heavy atom. The lowest BCUT2D eigenvalue weighted by Gasteiger charge is -2.36. The first-order chi connectivity index (χ1) is 16.4. The molecule has 0 saturated heterocycles. The van der Waals surface area contributed by atoms with E-state index in [0.29, 0.717) is 56.9 Å². The van der Waals surface area contributed by atoms with E-state index >= 15 is 0 Å². The Hall–Kier alpha value is -2.67. The van der Waals surface area contributed by atoms with Crippen LogP contribution in [-0.2, 0) is 25.5 Å². The van der Waals surface area contributed by atoms with E-state index < -0.39 is 5.92 Å². The summed E-state index contributed by atoms with van der Waals surface area (Å²) in [5, 5.41) is 2.96. The summed E-state index contributed by atoms with van der Waals surface area (Å²) in [4.78, 5) is 42.5. The number of ether oxygens (including phenoxy) is 1. The largest absolute Gasteiger partial charge is 0.385 e. The third-order valence-electron chi connectivity index (χ3n) is 6.44. The predicted octanol–water partition coefficient (Wildman–Crippen LogP) is 3.54. The molecule has 3 amide bonds. The monoisotopic (exact) mass is 471 g/mol. The number of hydrogen-bond donors (Lipinski definition) is 1. The summed E-state index contributed by atoms with van der Waals surface area (Å²) in [7, 11) is 1.63. The van der Waals surface area contributed by atoms with Crippen molar-refractivity contribution in [3.05, 3.63) is 47.2 Å². The molecule has 188 valence electrons. The van der Waals surface area contributed by atoms with Gasteiger partial charge in [-0.1, -0.05) is 30.3 Å². The molecule has 1 unspecified atom stereocenters. The highest BCUT2D eigenvalue weighted by Crippen LogP contribution is 2.31. The van der Waals surface area contributed by atoms with Crippen LogP contribution in [0.1, 0.15) is 58.4 Å². The lowest BCUT2D eigenvalue weighted by atomic mass is 9.88. The number of carbonyl (C=O) groups is 3. The average molecular weight is 472 g/mol. The molecule has 0 aromatic heterocycles. The first-order valence-corrected chi connectivity index (χ1v) is 12.5. The van der Waals surface area contributed by atoms with Gasteiger partial charge >= 0.3 is 0 Å². The number of hydrogen-bond acceptors (Lipinski definition) is 4. The third-order valence-corrected chi connectivity index (χ3v) is 6.44. The third kappa shape index (κ3) is 7.97. The smallest absolute Gasteiger partial charge is 0.251 e. The molecule has 0 saturated carbocycles. The Kier molecular flexibility index (Phi) is 11.8. The van der Waals surface area contributed by atoms with E-state index in [-0.39, 0.29) is 24.1 Å². The summed E-state index contributed by atoms with van der Waals surface area (Å²) in [6, 6.07) is 10.3. The summed E-state index contributed by atoms with van der Waals surface area (Å²) in [5.41, 5.74) is 2.64. The van der Waals surface area contributed by atoms with Gasteiger partial charge in [-0.3, -0.25) is 14.4 Å². The van der Waals surface area contributed by atoms with Crippen LogP contribution in [0.4, 0.5) is 0 Å². The first-order valence-electron chi connectivity index (χ1n) is 12.5. The number of allylic oxidation sites excluding steroid dienone is 1. The van der Waals surface area contributed by atoms with Crippen LogP contribution < -0.4 is 5.32 Å². The van der Waals surface area contributed by atoms with Gasteiger partial charge in [-0.05, 0) is 58.4 Å². The van der Waals surface area contributed by atoms with Crippen LogP contribution in [0, 0.1) is 5.92 Å². The fraction of sp³-hybridized carbons (Fsp3) is 0.593. The van der Waals surface area contributed by atoms with Gasteiger partial charge in [0.25, 0.3) is 5.91 Å². The number of benzene rings is 1. The van der Waals surface area contributed by atoms with Crippen molar-refractivity contribution in [1.82, 2.24) is 15.1 Å². The number of nitrogens with one attached hydrogen (secondary N) is 1. The molecular formula is C27H41N3O4. The number of methoxy groups -OCH3 is 1. The Labute approximate surface area is 204 Å². The number of aryl methyl sites for hydroxylation is 1. The zero-order chi connectivity index (χ0) is 24.9. The number of nitrogens with zero attached hydrogens (tertiary/aromatic N) is 2. The highest BCUT2D eigenvalue weighted by Gasteiger charge is 2.37. The van der Waals surface area contributed by atoms with Crippen LogP contribution in [0.3, 0.4) is 0 Å². The summed E-state index contributed by atoms with van der Waals surface area (Å²) in [6.45, 7) is 8.55. The molecule has 1 aliphatic rings. The van der Waals surface area contributed by atoms with E-state index in [1.54, 1.807) is 16.9 Å². The number of likely N-dealkylation sites (N-methyl/N-ethyl adjacent to an activating group) is 1. The Bertz CT molecular complexity index is 834. The molecule has 1 aromatic carbocycles. The average Bonchev–Trinajstić information content (AvgIpc) is 2.84. The van der Waals surface area contributed by atoms with E-state index in [0.717, 1.165) is 19.3 Å². The van der Waals surface area contributed by atoms with E-state index in [1.807, 2.05) is 39.0 Å². The van der Waals surface area contributed by atoms with Crippen LogP contribution in [0.5, 0.6) is 0 Å². The first kappa shape index (κ1) is 27.6. The molecule has 0 aliphatic carbocycles. The van der Waals surface area contributed by atoms with E-state index in [9.17, 15) is 14.4 Å². The minimum atomic E-state index is -0.523. The molecule has 7 heteroatoms. The SMILES string of the molecule is CCN(CC)C(=O)C1=C(C)N(CCCOC)C(=O)C(CC(=O)NCCCCc2ccccc2)C1. The Balaban J connectivity index is 1.97. The van der Waals surface area contributed by atoms with Crippen molar-refractivity contribution in [3.8, 4) is 0 Å². The summed E-state index contributed by atoms with van der Waals surface area (Å²) in [5.74, 6) is -0.781. The molecule has 0 radical (unpaired) electrons. The van der Waals surface area contributed by atoms with Crippen molar-refractivity contribution >= 4 is 17.7 Å². The lowest BCUT2D eigenvalue weighted by Crippen LogP contribution is -2.45. The molecule has 0 bridgehead atoms. The van der Waals surface area contributed by atoms with Gasteiger partial charge in [0.2, 0.25) is 11.8 Å². The van der Waals surface area contributed by atoms with Crippen molar-refractivity contribution in [2.24, 2.45) is 5.92 Å². The Morgan fingerprint density at radius 3 is 2.47 bits per heavy atom. The highest BCUT2D eigenvalue weighted by molar-refractivity contribution is 5.98. The van der Waals surface area contributed by atoms with E-state index in [4.69, 9.17) is 4.74 Å². The molecule has 0 spiro atoms. The zero-order valence-corrected chi connectivity index (χ0v) is 21.3. The molecule has 7 nitrogen and oxygen atoms in total. The number of amides is 3. The van der Waals surface area contributed by atoms with Crippen molar-refractivity contribution < 1.29 is 19.1 Å². The van der Waals surface area contributed by atoms with Crippen molar-refractivity contribution in [1.29, 1.82) is 0 Å². The summed E-state index contributed by atoms with van der Waals surface area (Å²) < 4.78 is 5.14. The van der Waals surface area contributed by atoms with Crippen LogP contribution in [-0.4, -0.2) is 67.4 Å². The quantitative estimate of drug-likeness (QED) is 0.421. The minimum absolute atomic E-state index is 0.0435. The maximum Gasteiger partial charge on any atom is 0.251 e. The number of rotatable bonds is 14. The molecule has 2 rings (SSSR count). The highest BCUT2D eigenvalue weighted by atomic mass is 16.5. The standard InChI is InChI=1S/C27H41N3O4/c1-5-29(6-2)27(33)24-19-23(26(32)30(21(24)3)17-12-18-34-4)20-25(31)28-16-11-10-15-22-13-8-7-9-14-22/h7-9,13-14,23H,5-6,10-12,15-20H2,1-4H3,(H,28,31). The topological polar surface area (TPSA) is 79.0 Å². The molecule has 1 heterocycles. The van der Waals surface area contributed by atoms with E-state index in [2.05, 4.69) is 17.4 Å². The summed E-state index contributed by atoms with van der Waals surface area (Å²) in [6.07, 6.45) is 3.93. The van der Waals surface area contributed by atoms with Crippen LogP contribution in [0.15, 0.2) is 41.6 Å². The molecular weight excluding hydrogens is 430 g/mol. The van der Waals surface area contributed by atoms with Crippen LogP contribution in [0.2, 0.25) is 0 Å². The molecule has 1 atom stereocenters. The normalized spacial score (nSPS) is 16.1. The zero-order valence-electron chi connectivity index (χ0n) is 21.3. The van der Waals surface area contributed by atoms with Gasteiger partial charge in [0.1, 0.15) is 0 Å². The van der Waals surface area contributed by atoms with Gasteiger partial charge in [-0.2, -0.15) is 0 Å². The molecule has 1 N–H and O–H groups in total. The minimum Gasteiger partial charge on any atom is -0.385 e. The van der Waals surface area contributed by atoms with Gasteiger partial charge in [-0.15, -0.1) is 0 Å². The van der Waals surface area contributed by atoms with E-state index in [1.165, 1.54) is 5.56 Å². The van der Waals surface area contributed by atoms with Crippen LogP contribution >= 0.6 is 0 Å². The molecule has 34 heavy (non-hydrogen) atoms. The van der Waals surface area contributed by atoms with Gasteiger partial charge in [-0.25, -0.2) is 0 Å². The second-order valence-electron chi connectivity index (χ2n) is 8.78. The maximum absolute atomic E-state index is 13.2. The number of carbonyl (C=O) groups excluding carboxylic acids is 3. The van der Waals surface area contributed by atoms with Crippen molar-refractivity contribution in [2.75, 3.05) is 39.9 Å². The lowest BCUT2D eigenvalue weighted by molar-refractivity contribution is -0.138. The molecule has 1 aliphatic heterocycles. The van der Waals surface area contributed by atoms with Gasteiger partial charge in [0.05, 0.1) is 5.92 Å². The van der Waals surface area contributed by atoms with Gasteiger partial charge in [0.15, 0.2) is 0 Å². The van der Waals surface area contributed by atoms with Crippen LogP contribution in [0.25, 0.3) is 0 Å². The van der Waals surface area contributed by atoms with Crippen molar-refractivity contribution in [2.45, 2.75) is 59.3 Å². The predicted molar refractivity (Wildman–Crippen MR) is 134 cm³/mol. The second kappa shape index (κ2) is 14.6. The molecule has 0 fully saturated rings. The molecule has 1 aromatic rings. The Morgan fingerprint density at radius 1 is 1.12 bits per heavy atom. The second-order valence-corrected chi connectivity index (χ2v) is 8.78. The van der Waals surface area contributed by atoms with Gasteiger partial charge in [0, 0.05) is 57.6 Å². The fourth-order valence-corrected chi connectivity index (χ4v) is 4.40. The van der Waals surface area contributed by atoms with Gasteiger partial charge < -0.3 is 19.9 Å². The summed E-state index contributed by atoms with van der Waals surface area (Å²) >= 11 is 0.